The zero-order valence-corrected chi connectivity index (χ0v) is 17.8. The topological polar surface area (TPSA) is 66.6 Å². The molecule has 1 aromatic carbocycles. The van der Waals surface area contributed by atoms with Crippen molar-refractivity contribution in [2.75, 3.05) is 13.3 Å². The molecule has 0 bridgehead atoms. The summed E-state index contributed by atoms with van der Waals surface area (Å²) in [6.07, 6.45) is 8.18. The summed E-state index contributed by atoms with van der Waals surface area (Å²) < 4.78 is 10.9. The third kappa shape index (κ3) is 4.50. The maximum absolute atomic E-state index is 12.8. The lowest BCUT2D eigenvalue weighted by Crippen LogP contribution is -2.47. The van der Waals surface area contributed by atoms with Crippen molar-refractivity contribution in [3.8, 4) is 11.5 Å². The molecule has 2 aliphatic rings. The molecule has 2 heterocycles. The molecule has 1 aromatic heterocycles. The normalized spacial score (nSPS) is 16.2. The summed E-state index contributed by atoms with van der Waals surface area (Å²) in [5, 5.41) is 5.10. The molecule has 2 aromatic rings. The molecule has 0 unspecified atom stereocenters. The first-order valence-corrected chi connectivity index (χ1v) is 11.1. The molecule has 6 nitrogen and oxygen atoms in total. The fourth-order valence-corrected chi connectivity index (χ4v) is 4.49. The predicted octanol–water partition coefficient (Wildman–Crippen LogP) is 4.07. The highest BCUT2D eigenvalue weighted by Crippen LogP contribution is 2.35. The second-order valence-electron chi connectivity index (χ2n) is 7.92. The number of aromatic amines is 1. The number of unbranched alkanes of at least 4 members (excludes halogenated alkanes) is 1. The molecule has 1 fully saturated rings. The van der Waals surface area contributed by atoms with E-state index < -0.39 is 0 Å². The van der Waals surface area contributed by atoms with Crippen LogP contribution in [0.4, 0.5) is 0 Å². The summed E-state index contributed by atoms with van der Waals surface area (Å²) in [7, 11) is 0. The number of nitrogens with zero attached hydrogens (tertiary/aromatic N) is 1. The highest BCUT2D eigenvalue weighted by molar-refractivity contribution is 7.80. The molecule has 0 radical (unpaired) electrons. The van der Waals surface area contributed by atoms with Crippen LogP contribution in [0, 0.1) is 0 Å². The highest BCUT2D eigenvalue weighted by atomic mass is 32.1. The molecule has 0 atom stereocenters. The van der Waals surface area contributed by atoms with Crippen LogP contribution < -0.4 is 20.3 Å². The zero-order chi connectivity index (χ0) is 20.2. The number of nitrogens with one attached hydrogen (secondary N) is 2. The summed E-state index contributed by atoms with van der Waals surface area (Å²) in [6.45, 7) is 3.78. The van der Waals surface area contributed by atoms with E-state index in [2.05, 4.69) is 22.1 Å². The van der Waals surface area contributed by atoms with Gasteiger partial charge in [0.05, 0.1) is 12.1 Å². The average Bonchev–Trinajstić information content (AvgIpc) is 3.18. The number of H-pyrrole nitrogens is 1. The van der Waals surface area contributed by atoms with E-state index in [1.54, 1.807) is 0 Å². The zero-order valence-electron chi connectivity index (χ0n) is 17.0. The number of rotatable bonds is 6. The van der Waals surface area contributed by atoms with E-state index in [4.69, 9.17) is 21.7 Å². The van der Waals surface area contributed by atoms with Crippen molar-refractivity contribution in [1.82, 2.24) is 15.2 Å². The molecular formula is C22H29N3O3S. The van der Waals surface area contributed by atoms with Crippen molar-refractivity contribution in [3.63, 3.8) is 0 Å². The summed E-state index contributed by atoms with van der Waals surface area (Å²) in [5.41, 5.74) is 1.41. The Hall–Kier alpha value is -2.28. The smallest absolute Gasteiger partial charge is 0.253 e. The second kappa shape index (κ2) is 9.03. The molecule has 1 aliphatic carbocycles. The fraction of sp³-hybridized carbons (Fsp3) is 0.545. The van der Waals surface area contributed by atoms with Gasteiger partial charge >= 0.3 is 0 Å². The van der Waals surface area contributed by atoms with Crippen molar-refractivity contribution < 1.29 is 9.47 Å². The number of benzene rings is 1. The van der Waals surface area contributed by atoms with Crippen LogP contribution >= 0.6 is 12.2 Å². The molecule has 156 valence electrons. The van der Waals surface area contributed by atoms with Crippen LogP contribution in [-0.4, -0.2) is 34.4 Å². The largest absolute Gasteiger partial charge is 0.454 e. The standard InChI is InChI=1S/C22H29N3O3S/c1-2-3-9-23-22(29)25(17-7-5-4-6-8-17)13-16-10-15-11-19-20(28-14-27-19)12-18(15)24-21(16)26/h10-12,17H,2-9,13-14H2,1H3,(H,23,29)(H,24,26). The van der Waals surface area contributed by atoms with Crippen LogP contribution in [0.1, 0.15) is 57.4 Å². The van der Waals surface area contributed by atoms with Gasteiger partial charge in [0.2, 0.25) is 6.79 Å². The molecule has 29 heavy (non-hydrogen) atoms. The Morgan fingerprint density at radius 1 is 1.21 bits per heavy atom. The number of aromatic nitrogens is 1. The van der Waals surface area contributed by atoms with Crippen LogP contribution in [0.5, 0.6) is 11.5 Å². The lowest BCUT2D eigenvalue weighted by atomic mass is 9.94. The monoisotopic (exact) mass is 415 g/mol. The molecule has 0 saturated heterocycles. The number of ether oxygens (including phenoxy) is 2. The third-order valence-electron chi connectivity index (χ3n) is 5.84. The summed E-state index contributed by atoms with van der Waals surface area (Å²) in [5.74, 6) is 1.39. The van der Waals surface area contributed by atoms with E-state index in [1.807, 2.05) is 18.2 Å². The van der Waals surface area contributed by atoms with Crippen molar-refractivity contribution in [2.45, 2.75) is 64.5 Å². The van der Waals surface area contributed by atoms with E-state index in [9.17, 15) is 4.79 Å². The highest BCUT2D eigenvalue weighted by Gasteiger charge is 2.24. The molecule has 7 heteroatoms. The SMILES string of the molecule is CCCCNC(=S)N(Cc1cc2cc3c(cc2[nH]c1=O)OCO3)C1CCCCC1. The van der Waals surface area contributed by atoms with Crippen molar-refractivity contribution >= 4 is 28.2 Å². The summed E-state index contributed by atoms with van der Waals surface area (Å²) in [4.78, 5) is 18.1. The third-order valence-corrected chi connectivity index (χ3v) is 6.22. The first-order valence-electron chi connectivity index (χ1n) is 10.7. The Kier molecular flexibility index (Phi) is 6.23. The molecule has 4 rings (SSSR count). The first-order chi connectivity index (χ1) is 14.2. The Balaban J connectivity index is 1.60. The molecule has 1 saturated carbocycles. The molecule has 1 aliphatic heterocycles. The number of thiocarbonyl (C=S) groups is 1. The maximum Gasteiger partial charge on any atom is 0.253 e. The number of hydrogen-bond donors (Lipinski definition) is 2. The van der Waals surface area contributed by atoms with Crippen LogP contribution in [0.15, 0.2) is 23.0 Å². The maximum atomic E-state index is 12.8. The van der Waals surface area contributed by atoms with E-state index in [-0.39, 0.29) is 12.4 Å². The molecular weight excluding hydrogens is 386 g/mol. The quantitative estimate of drug-likeness (QED) is 0.548. The molecule has 0 amide bonds. The van der Waals surface area contributed by atoms with Crippen LogP contribution in [0.2, 0.25) is 0 Å². The van der Waals surface area contributed by atoms with Gasteiger partial charge in [0, 0.05) is 29.6 Å². The van der Waals surface area contributed by atoms with Crippen molar-refractivity contribution in [1.29, 1.82) is 0 Å². The lowest BCUT2D eigenvalue weighted by Gasteiger charge is -2.36. The Morgan fingerprint density at radius 3 is 2.72 bits per heavy atom. The minimum absolute atomic E-state index is 0.0754. The lowest BCUT2D eigenvalue weighted by molar-refractivity contribution is 0.174. The number of pyridine rings is 1. The van der Waals surface area contributed by atoms with Crippen LogP contribution in [0.25, 0.3) is 10.9 Å². The van der Waals surface area contributed by atoms with E-state index in [0.29, 0.717) is 18.3 Å². The Labute approximate surface area is 176 Å². The average molecular weight is 416 g/mol. The first kappa shape index (κ1) is 20.0. The summed E-state index contributed by atoms with van der Waals surface area (Å²) >= 11 is 5.74. The van der Waals surface area contributed by atoms with E-state index in [0.717, 1.165) is 59.6 Å². The van der Waals surface area contributed by atoms with Gasteiger partial charge in [-0.1, -0.05) is 32.6 Å². The van der Waals surface area contributed by atoms with Gasteiger partial charge in [-0.05, 0) is 43.6 Å². The van der Waals surface area contributed by atoms with E-state index >= 15 is 0 Å². The molecule has 2 N–H and O–H groups in total. The predicted molar refractivity (Wildman–Crippen MR) is 119 cm³/mol. The fourth-order valence-electron chi connectivity index (χ4n) is 4.18. The van der Waals surface area contributed by atoms with Crippen molar-refractivity contribution in [2.24, 2.45) is 0 Å². The van der Waals surface area contributed by atoms with Gasteiger partial charge in [-0.3, -0.25) is 4.79 Å². The second-order valence-corrected chi connectivity index (χ2v) is 8.31. The summed E-state index contributed by atoms with van der Waals surface area (Å²) in [6, 6.07) is 6.11. The van der Waals surface area contributed by atoms with Crippen molar-refractivity contribution in [3.05, 3.63) is 34.1 Å². The van der Waals surface area contributed by atoms with Gasteiger partial charge < -0.3 is 24.7 Å². The Bertz CT molecular complexity index is 937. The van der Waals surface area contributed by atoms with Crippen LogP contribution in [-0.2, 0) is 6.54 Å². The van der Waals surface area contributed by atoms with Gasteiger partial charge in [-0.2, -0.15) is 0 Å². The van der Waals surface area contributed by atoms with Gasteiger partial charge in [0.1, 0.15) is 0 Å². The number of hydrogen-bond acceptors (Lipinski definition) is 4. The van der Waals surface area contributed by atoms with Crippen LogP contribution in [0.3, 0.4) is 0 Å². The van der Waals surface area contributed by atoms with Gasteiger partial charge in [-0.15, -0.1) is 0 Å². The Morgan fingerprint density at radius 2 is 1.97 bits per heavy atom. The molecule has 0 spiro atoms. The van der Waals surface area contributed by atoms with Gasteiger partial charge in [0.25, 0.3) is 5.56 Å². The number of fused-ring (bicyclic) bond motifs is 2. The minimum Gasteiger partial charge on any atom is -0.454 e. The van der Waals surface area contributed by atoms with E-state index in [1.165, 1.54) is 19.3 Å². The van der Waals surface area contributed by atoms with Gasteiger partial charge in [0.15, 0.2) is 16.6 Å². The minimum atomic E-state index is -0.0754. The van der Waals surface area contributed by atoms with Gasteiger partial charge in [-0.25, -0.2) is 0 Å².